The van der Waals surface area contributed by atoms with Crippen LogP contribution in [-0.4, -0.2) is 26.7 Å². The highest BCUT2D eigenvalue weighted by atomic mass is 35.5. The molecule has 28 heavy (non-hydrogen) atoms. The molecule has 0 fully saturated rings. The molecule has 0 radical (unpaired) electrons. The van der Waals surface area contributed by atoms with Gasteiger partial charge in [0.05, 0.1) is 22.2 Å². The van der Waals surface area contributed by atoms with Crippen LogP contribution >= 0.6 is 35.0 Å². The summed E-state index contributed by atoms with van der Waals surface area (Å²) in [4.78, 5) is 14.8. The minimum atomic E-state index is -0.156. The third-order valence-corrected chi connectivity index (χ3v) is 5.49. The van der Waals surface area contributed by atoms with Gasteiger partial charge < -0.3 is 5.32 Å². The summed E-state index contributed by atoms with van der Waals surface area (Å²) in [6.07, 6.45) is 0. The van der Waals surface area contributed by atoms with Crippen molar-refractivity contribution in [3.63, 3.8) is 0 Å². The molecule has 0 saturated carbocycles. The third-order valence-electron chi connectivity index (χ3n) is 3.91. The average molecular weight is 429 g/mol. The normalized spacial score (nSPS) is 10.9. The van der Waals surface area contributed by atoms with Crippen LogP contribution in [0.3, 0.4) is 0 Å². The van der Waals surface area contributed by atoms with Gasteiger partial charge in [0.2, 0.25) is 5.91 Å². The lowest BCUT2D eigenvalue weighted by atomic mass is 10.2. The maximum atomic E-state index is 12.3. The number of carbonyl (C=O) groups is 1. The smallest absolute Gasteiger partial charge is 0.234 e. The zero-order valence-electron chi connectivity index (χ0n) is 14.5. The van der Waals surface area contributed by atoms with E-state index in [-0.39, 0.29) is 11.7 Å². The van der Waals surface area contributed by atoms with Crippen LogP contribution in [0, 0.1) is 0 Å². The Kier molecular flexibility index (Phi) is 5.52. The van der Waals surface area contributed by atoms with E-state index in [4.69, 9.17) is 23.2 Å². The molecule has 4 aromatic rings. The number of nitrogens with one attached hydrogen (secondary N) is 1. The number of fused-ring (bicyclic) bond motifs is 1. The zero-order chi connectivity index (χ0) is 19.5. The Labute approximate surface area is 175 Å². The molecular formula is C20H14Cl2N4OS. The Hall–Kier alpha value is -2.54. The third kappa shape index (κ3) is 4.30. The van der Waals surface area contributed by atoms with E-state index in [1.165, 1.54) is 11.8 Å². The van der Waals surface area contributed by atoms with Crippen LogP contribution in [0.2, 0.25) is 10.0 Å². The number of nitrogens with zero attached hydrogens (tertiary/aromatic N) is 3. The van der Waals surface area contributed by atoms with Gasteiger partial charge in [-0.2, -0.15) is 4.80 Å². The summed E-state index contributed by atoms with van der Waals surface area (Å²) >= 11 is 13.6. The number of halogens is 2. The first-order chi connectivity index (χ1) is 13.6. The van der Waals surface area contributed by atoms with E-state index in [1.807, 2.05) is 42.5 Å². The van der Waals surface area contributed by atoms with E-state index >= 15 is 0 Å². The lowest BCUT2D eigenvalue weighted by molar-refractivity contribution is -0.113. The Bertz CT molecular complexity index is 1130. The Morgan fingerprint density at radius 1 is 0.964 bits per heavy atom. The first kappa shape index (κ1) is 18.8. The van der Waals surface area contributed by atoms with Gasteiger partial charge in [0.25, 0.3) is 0 Å². The maximum Gasteiger partial charge on any atom is 0.234 e. The van der Waals surface area contributed by atoms with Crippen LogP contribution in [0.1, 0.15) is 0 Å². The second-order valence-corrected chi connectivity index (χ2v) is 7.83. The van der Waals surface area contributed by atoms with Gasteiger partial charge in [-0.05, 0) is 48.5 Å². The molecule has 5 nitrogen and oxygen atoms in total. The van der Waals surface area contributed by atoms with E-state index in [0.717, 1.165) is 10.6 Å². The lowest BCUT2D eigenvalue weighted by Crippen LogP contribution is -2.14. The van der Waals surface area contributed by atoms with Crippen LogP contribution < -0.4 is 5.32 Å². The second-order valence-electron chi connectivity index (χ2n) is 5.94. The molecule has 0 aliphatic carbocycles. The zero-order valence-corrected chi connectivity index (χ0v) is 16.8. The molecule has 1 aromatic heterocycles. The van der Waals surface area contributed by atoms with Crippen LogP contribution in [-0.2, 0) is 4.79 Å². The molecule has 1 heterocycles. The highest BCUT2D eigenvalue weighted by molar-refractivity contribution is 8.00. The number of carbonyl (C=O) groups excluding carboxylic acids is 1. The summed E-state index contributed by atoms with van der Waals surface area (Å²) in [5.41, 5.74) is 2.66. The minimum absolute atomic E-state index is 0.156. The number of rotatable bonds is 5. The fourth-order valence-electron chi connectivity index (χ4n) is 2.58. The van der Waals surface area contributed by atoms with Crippen molar-refractivity contribution >= 4 is 57.6 Å². The van der Waals surface area contributed by atoms with Crippen molar-refractivity contribution in [2.45, 2.75) is 4.90 Å². The summed E-state index contributed by atoms with van der Waals surface area (Å²) < 4.78 is 0. The highest BCUT2D eigenvalue weighted by Crippen LogP contribution is 2.28. The van der Waals surface area contributed by atoms with E-state index in [1.54, 1.807) is 29.1 Å². The number of aromatic nitrogens is 3. The van der Waals surface area contributed by atoms with Crippen molar-refractivity contribution in [1.29, 1.82) is 0 Å². The fraction of sp³-hybridized carbons (Fsp3) is 0.0500. The van der Waals surface area contributed by atoms with Gasteiger partial charge in [-0.25, -0.2) is 0 Å². The number of thioether (sulfide) groups is 1. The largest absolute Gasteiger partial charge is 0.324 e. The SMILES string of the molecule is O=C(CSc1ccc(Cl)cc1)Nc1cc2nn(-c3ccccc3)nc2cc1Cl. The van der Waals surface area contributed by atoms with Crippen LogP contribution in [0.15, 0.2) is 71.6 Å². The first-order valence-corrected chi connectivity index (χ1v) is 10.1. The summed E-state index contributed by atoms with van der Waals surface area (Å²) in [6.45, 7) is 0. The van der Waals surface area contributed by atoms with Crippen molar-refractivity contribution in [3.8, 4) is 5.69 Å². The summed E-state index contributed by atoms with van der Waals surface area (Å²) in [5.74, 6) is 0.101. The molecule has 1 N–H and O–H groups in total. The summed E-state index contributed by atoms with van der Waals surface area (Å²) in [6, 6.07) is 20.4. The molecule has 0 aliphatic rings. The Morgan fingerprint density at radius 2 is 1.64 bits per heavy atom. The molecular weight excluding hydrogens is 415 g/mol. The molecule has 0 spiro atoms. The van der Waals surface area contributed by atoms with E-state index in [0.29, 0.717) is 26.8 Å². The molecule has 0 unspecified atom stereocenters. The van der Waals surface area contributed by atoms with Gasteiger partial charge in [-0.3, -0.25) is 4.79 Å². The fourth-order valence-corrected chi connectivity index (χ4v) is 3.61. The molecule has 0 atom stereocenters. The van der Waals surface area contributed by atoms with Gasteiger partial charge in [0, 0.05) is 9.92 Å². The van der Waals surface area contributed by atoms with E-state index in [2.05, 4.69) is 15.5 Å². The van der Waals surface area contributed by atoms with Crippen molar-refractivity contribution < 1.29 is 4.79 Å². The monoisotopic (exact) mass is 428 g/mol. The van der Waals surface area contributed by atoms with Crippen LogP contribution in [0.25, 0.3) is 16.7 Å². The van der Waals surface area contributed by atoms with E-state index in [9.17, 15) is 4.79 Å². The predicted octanol–water partition coefficient (Wildman–Crippen LogP) is 5.46. The van der Waals surface area contributed by atoms with Gasteiger partial charge in [-0.15, -0.1) is 22.0 Å². The van der Waals surface area contributed by atoms with Gasteiger partial charge in [0.1, 0.15) is 11.0 Å². The number of para-hydroxylation sites is 1. The standard InChI is InChI=1S/C20H14Cl2N4OS/c21-13-6-8-15(9-7-13)28-12-20(27)23-17-11-19-18(10-16(17)22)24-26(25-19)14-4-2-1-3-5-14/h1-11H,12H2,(H,23,27). The highest BCUT2D eigenvalue weighted by Gasteiger charge is 2.12. The number of benzene rings is 3. The van der Waals surface area contributed by atoms with Crippen molar-refractivity contribution in [1.82, 2.24) is 15.0 Å². The molecule has 1 amide bonds. The molecule has 4 rings (SSSR count). The molecule has 0 aliphatic heterocycles. The van der Waals surface area contributed by atoms with Crippen LogP contribution in [0.5, 0.6) is 0 Å². The Balaban J connectivity index is 1.49. The van der Waals surface area contributed by atoms with Gasteiger partial charge in [-0.1, -0.05) is 41.4 Å². The first-order valence-electron chi connectivity index (χ1n) is 8.39. The molecule has 8 heteroatoms. The molecule has 0 saturated heterocycles. The number of anilines is 1. The number of amides is 1. The molecule has 3 aromatic carbocycles. The quantitative estimate of drug-likeness (QED) is 0.428. The minimum Gasteiger partial charge on any atom is -0.324 e. The van der Waals surface area contributed by atoms with Crippen molar-refractivity contribution in [3.05, 3.63) is 76.8 Å². The average Bonchev–Trinajstić information content (AvgIpc) is 3.11. The molecule has 0 bridgehead atoms. The number of hydrogen-bond donors (Lipinski definition) is 1. The van der Waals surface area contributed by atoms with Gasteiger partial charge in [0.15, 0.2) is 0 Å². The van der Waals surface area contributed by atoms with Crippen molar-refractivity contribution in [2.75, 3.05) is 11.1 Å². The van der Waals surface area contributed by atoms with Gasteiger partial charge >= 0.3 is 0 Å². The maximum absolute atomic E-state index is 12.3. The van der Waals surface area contributed by atoms with Crippen LogP contribution in [0.4, 0.5) is 5.69 Å². The molecule has 140 valence electrons. The topological polar surface area (TPSA) is 59.8 Å². The van der Waals surface area contributed by atoms with Crippen molar-refractivity contribution in [2.24, 2.45) is 0 Å². The second kappa shape index (κ2) is 8.22. The Morgan fingerprint density at radius 3 is 2.36 bits per heavy atom. The lowest BCUT2D eigenvalue weighted by Gasteiger charge is -2.07. The van der Waals surface area contributed by atoms with E-state index < -0.39 is 0 Å². The number of hydrogen-bond acceptors (Lipinski definition) is 4. The summed E-state index contributed by atoms with van der Waals surface area (Å²) in [7, 11) is 0. The summed E-state index contributed by atoms with van der Waals surface area (Å²) in [5, 5.41) is 12.8. The predicted molar refractivity (Wildman–Crippen MR) is 115 cm³/mol.